The zero-order valence-electron chi connectivity index (χ0n) is 10.5. The molecule has 0 aromatic heterocycles. The minimum Gasteiger partial charge on any atom is -0.316 e. The van der Waals surface area contributed by atoms with Crippen molar-refractivity contribution < 1.29 is 4.39 Å². The van der Waals surface area contributed by atoms with E-state index in [1.165, 1.54) is 6.07 Å². The van der Waals surface area contributed by atoms with E-state index in [0.717, 1.165) is 26.2 Å². The highest BCUT2D eigenvalue weighted by molar-refractivity contribution is 6.31. The van der Waals surface area contributed by atoms with Crippen molar-refractivity contribution in [3.63, 3.8) is 0 Å². The van der Waals surface area contributed by atoms with E-state index in [1.807, 2.05) is 0 Å². The Balaban J connectivity index is 2.60. The molecule has 0 atom stereocenters. The molecule has 1 N–H and O–H groups in total. The van der Waals surface area contributed by atoms with Gasteiger partial charge in [-0.1, -0.05) is 31.5 Å². The van der Waals surface area contributed by atoms with Gasteiger partial charge in [-0.15, -0.1) is 0 Å². The largest absolute Gasteiger partial charge is 0.316 e. The molecule has 2 nitrogen and oxygen atoms in total. The number of hydrogen-bond donors (Lipinski definition) is 1. The minimum absolute atomic E-state index is 0.223. The Labute approximate surface area is 108 Å². The summed E-state index contributed by atoms with van der Waals surface area (Å²) in [5, 5.41) is 3.77. The number of halogens is 2. The number of nitrogens with one attached hydrogen (secondary N) is 1. The molecular weight excluding hydrogens is 239 g/mol. The number of rotatable bonds is 7. The Bertz CT molecular complexity index is 324. The van der Waals surface area contributed by atoms with E-state index in [1.54, 1.807) is 12.1 Å². The monoisotopic (exact) mass is 258 g/mol. The van der Waals surface area contributed by atoms with Gasteiger partial charge < -0.3 is 5.32 Å². The predicted molar refractivity (Wildman–Crippen MR) is 70.9 cm³/mol. The Morgan fingerprint density at radius 3 is 2.71 bits per heavy atom. The summed E-state index contributed by atoms with van der Waals surface area (Å²) in [4.78, 5) is 2.17. The summed E-state index contributed by atoms with van der Waals surface area (Å²) in [6.45, 7) is 8.36. The fourth-order valence-electron chi connectivity index (χ4n) is 1.67. The van der Waals surface area contributed by atoms with Gasteiger partial charge in [-0.05, 0) is 25.2 Å². The van der Waals surface area contributed by atoms with Crippen LogP contribution in [0.4, 0.5) is 4.39 Å². The van der Waals surface area contributed by atoms with Gasteiger partial charge in [0.25, 0.3) is 0 Å². The van der Waals surface area contributed by atoms with Crippen LogP contribution in [0.15, 0.2) is 18.2 Å². The lowest BCUT2D eigenvalue weighted by Gasteiger charge is -2.21. The van der Waals surface area contributed by atoms with Gasteiger partial charge >= 0.3 is 0 Å². The quantitative estimate of drug-likeness (QED) is 0.757. The molecule has 0 radical (unpaired) electrons. The second-order valence-electron chi connectivity index (χ2n) is 3.92. The molecule has 0 saturated carbocycles. The Morgan fingerprint density at radius 2 is 2.12 bits per heavy atom. The second kappa shape index (κ2) is 7.64. The SMILES string of the molecule is CCNCCN(CC)Cc1c(F)cccc1Cl. The lowest BCUT2D eigenvalue weighted by Crippen LogP contribution is -2.32. The molecule has 0 spiro atoms. The number of benzene rings is 1. The molecule has 0 fully saturated rings. The molecule has 0 bridgehead atoms. The molecule has 1 aromatic rings. The first-order chi connectivity index (χ1) is 8.19. The molecule has 0 aliphatic carbocycles. The number of hydrogen-bond acceptors (Lipinski definition) is 2. The Hall–Kier alpha value is -0.640. The van der Waals surface area contributed by atoms with Crippen molar-refractivity contribution in [1.29, 1.82) is 0 Å². The van der Waals surface area contributed by atoms with Crippen LogP contribution in [0.25, 0.3) is 0 Å². The summed E-state index contributed by atoms with van der Waals surface area (Å²) in [5.41, 5.74) is 0.590. The van der Waals surface area contributed by atoms with Crippen LogP contribution in [0.3, 0.4) is 0 Å². The van der Waals surface area contributed by atoms with E-state index >= 15 is 0 Å². The molecule has 17 heavy (non-hydrogen) atoms. The third-order valence-electron chi connectivity index (χ3n) is 2.75. The molecule has 0 aliphatic rings. The van der Waals surface area contributed by atoms with Gasteiger partial charge in [0.05, 0.1) is 0 Å². The van der Waals surface area contributed by atoms with Crippen molar-refractivity contribution in [3.8, 4) is 0 Å². The van der Waals surface area contributed by atoms with Gasteiger partial charge in [0.15, 0.2) is 0 Å². The van der Waals surface area contributed by atoms with Crippen LogP contribution in [-0.2, 0) is 6.54 Å². The average molecular weight is 259 g/mol. The lowest BCUT2D eigenvalue weighted by atomic mass is 10.2. The van der Waals surface area contributed by atoms with Crippen molar-refractivity contribution >= 4 is 11.6 Å². The standard InChI is InChI=1S/C13H20ClFN2/c1-3-16-8-9-17(4-2)10-11-12(14)6-5-7-13(11)15/h5-7,16H,3-4,8-10H2,1-2H3. The van der Waals surface area contributed by atoms with Crippen LogP contribution in [-0.4, -0.2) is 31.1 Å². The van der Waals surface area contributed by atoms with Crippen LogP contribution < -0.4 is 5.32 Å². The second-order valence-corrected chi connectivity index (χ2v) is 4.33. The first-order valence-corrected chi connectivity index (χ1v) is 6.42. The summed E-state index contributed by atoms with van der Waals surface area (Å²) >= 11 is 6.01. The van der Waals surface area contributed by atoms with E-state index in [9.17, 15) is 4.39 Å². The van der Waals surface area contributed by atoms with E-state index in [2.05, 4.69) is 24.1 Å². The molecule has 4 heteroatoms. The number of nitrogens with zero attached hydrogens (tertiary/aromatic N) is 1. The summed E-state index contributed by atoms with van der Waals surface area (Å²) in [7, 11) is 0. The van der Waals surface area contributed by atoms with E-state index in [0.29, 0.717) is 17.1 Å². The fourth-order valence-corrected chi connectivity index (χ4v) is 1.89. The van der Waals surface area contributed by atoms with Gasteiger partial charge in [0.2, 0.25) is 0 Å². The predicted octanol–water partition coefficient (Wildman–Crippen LogP) is 2.91. The maximum atomic E-state index is 13.6. The topological polar surface area (TPSA) is 15.3 Å². The van der Waals surface area contributed by atoms with Gasteiger partial charge in [-0.3, -0.25) is 4.90 Å². The molecule has 1 aromatic carbocycles. The first kappa shape index (κ1) is 14.4. The molecular formula is C13H20ClFN2. The smallest absolute Gasteiger partial charge is 0.129 e. The highest BCUT2D eigenvalue weighted by Gasteiger charge is 2.10. The van der Waals surface area contributed by atoms with Gasteiger partial charge in [-0.25, -0.2) is 4.39 Å². The van der Waals surface area contributed by atoms with E-state index in [4.69, 9.17) is 11.6 Å². The molecule has 0 amide bonds. The van der Waals surface area contributed by atoms with Crippen molar-refractivity contribution in [2.45, 2.75) is 20.4 Å². The van der Waals surface area contributed by atoms with Crippen LogP contribution in [0.5, 0.6) is 0 Å². The third kappa shape index (κ3) is 4.62. The molecule has 0 aliphatic heterocycles. The van der Waals surface area contributed by atoms with Crippen molar-refractivity contribution in [1.82, 2.24) is 10.2 Å². The fraction of sp³-hybridized carbons (Fsp3) is 0.538. The molecule has 0 saturated heterocycles. The number of likely N-dealkylation sites (N-methyl/N-ethyl adjacent to an activating group) is 2. The zero-order valence-corrected chi connectivity index (χ0v) is 11.2. The summed E-state index contributed by atoms with van der Waals surface area (Å²) < 4.78 is 13.6. The van der Waals surface area contributed by atoms with E-state index in [-0.39, 0.29) is 5.82 Å². The van der Waals surface area contributed by atoms with Crippen molar-refractivity contribution in [3.05, 3.63) is 34.6 Å². The molecule has 0 unspecified atom stereocenters. The van der Waals surface area contributed by atoms with Gasteiger partial charge in [0, 0.05) is 30.2 Å². The summed E-state index contributed by atoms with van der Waals surface area (Å²) in [6, 6.07) is 4.83. The van der Waals surface area contributed by atoms with Crippen LogP contribution >= 0.6 is 11.6 Å². The summed E-state index contributed by atoms with van der Waals surface area (Å²) in [5.74, 6) is -0.223. The highest BCUT2D eigenvalue weighted by Crippen LogP contribution is 2.20. The molecule has 1 rings (SSSR count). The first-order valence-electron chi connectivity index (χ1n) is 6.05. The molecule has 0 heterocycles. The maximum absolute atomic E-state index is 13.6. The van der Waals surface area contributed by atoms with Crippen LogP contribution in [0.2, 0.25) is 5.02 Å². The zero-order chi connectivity index (χ0) is 12.7. The van der Waals surface area contributed by atoms with Gasteiger partial charge in [-0.2, -0.15) is 0 Å². The molecule has 96 valence electrons. The highest BCUT2D eigenvalue weighted by atomic mass is 35.5. The van der Waals surface area contributed by atoms with E-state index < -0.39 is 0 Å². The third-order valence-corrected chi connectivity index (χ3v) is 3.10. The Kier molecular flexibility index (Phi) is 6.48. The van der Waals surface area contributed by atoms with Crippen molar-refractivity contribution in [2.75, 3.05) is 26.2 Å². The lowest BCUT2D eigenvalue weighted by molar-refractivity contribution is 0.276. The van der Waals surface area contributed by atoms with Gasteiger partial charge in [0.1, 0.15) is 5.82 Å². The average Bonchev–Trinajstić information content (AvgIpc) is 2.32. The summed E-state index contributed by atoms with van der Waals surface area (Å²) in [6.07, 6.45) is 0. The van der Waals surface area contributed by atoms with Crippen LogP contribution in [0, 0.1) is 5.82 Å². The minimum atomic E-state index is -0.223. The van der Waals surface area contributed by atoms with Crippen molar-refractivity contribution in [2.24, 2.45) is 0 Å². The van der Waals surface area contributed by atoms with Crippen LogP contribution in [0.1, 0.15) is 19.4 Å². The maximum Gasteiger partial charge on any atom is 0.129 e. The normalized spacial score (nSPS) is 11.1. The Morgan fingerprint density at radius 1 is 1.35 bits per heavy atom.